The fraction of sp³-hybridized carbons (Fsp3) is 0.270. The quantitative estimate of drug-likeness (QED) is 0.234. The van der Waals surface area contributed by atoms with Crippen LogP contribution >= 0.6 is 0 Å². The number of amides is 2. The van der Waals surface area contributed by atoms with Gasteiger partial charge in [0.2, 0.25) is 5.91 Å². The molecule has 246 valence electrons. The first-order valence-corrected chi connectivity index (χ1v) is 15.8. The number of hydrogen-bond acceptors (Lipinski definition) is 8. The van der Waals surface area contributed by atoms with Crippen molar-refractivity contribution < 1.29 is 38.5 Å². The Hall–Kier alpha value is -5.71. The molecule has 0 radical (unpaired) electrons. The Labute approximate surface area is 277 Å². The largest absolute Gasteiger partial charge is 0.493 e. The van der Waals surface area contributed by atoms with E-state index in [4.69, 9.17) is 19.9 Å². The number of piperidine rings is 1. The summed E-state index contributed by atoms with van der Waals surface area (Å²) in [5.41, 5.74) is 8.60. The van der Waals surface area contributed by atoms with Gasteiger partial charge in [0.05, 0.1) is 47.6 Å². The van der Waals surface area contributed by atoms with Crippen LogP contribution in [0.5, 0.6) is 17.2 Å². The Morgan fingerprint density at radius 2 is 1.50 bits per heavy atom. The van der Waals surface area contributed by atoms with E-state index < -0.39 is 17.5 Å². The first-order chi connectivity index (χ1) is 23.1. The number of nitrogens with two attached hydrogens (primary N) is 1. The fourth-order valence-electron chi connectivity index (χ4n) is 6.26. The monoisotopic (exact) mass is 649 g/mol. The van der Waals surface area contributed by atoms with Gasteiger partial charge in [-0.3, -0.25) is 19.4 Å². The number of Topliss-reactive ketones (excluding diaryl/α,β-unsaturated/α-hetero) is 1. The van der Waals surface area contributed by atoms with E-state index in [1.807, 2.05) is 19.9 Å². The van der Waals surface area contributed by atoms with Crippen molar-refractivity contribution >= 4 is 23.6 Å². The van der Waals surface area contributed by atoms with E-state index in [1.54, 1.807) is 53.4 Å². The maximum Gasteiger partial charge on any atom is 0.335 e. The number of pyridine rings is 1. The van der Waals surface area contributed by atoms with Gasteiger partial charge >= 0.3 is 5.97 Å². The Kier molecular flexibility index (Phi) is 8.86. The lowest BCUT2D eigenvalue weighted by molar-refractivity contribution is -0.00574. The molecule has 1 fully saturated rings. The second kappa shape index (κ2) is 13.2. The van der Waals surface area contributed by atoms with E-state index in [0.29, 0.717) is 89.9 Å². The molecule has 2 amide bonds. The van der Waals surface area contributed by atoms with Gasteiger partial charge in [-0.05, 0) is 74.0 Å². The molecular weight excluding hydrogens is 614 g/mol. The van der Waals surface area contributed by atoms with E-state index in [2.05, 4.69) is 4.98 Å². The molecule has 0 aliphatic carbocycles. The van der Waals surface area contributed by atoms with E-state index in [0.717, 1.165) is 5.56 Å². The highest BCUT2D eigenvalue weighted by Crippen LogP contribution is 2.43. The number of nitrogens with zero attached hydrogens (tertiary/aromatic N) is 2. The molecule has 11 heteroatoms. The van der Waals surface area contributed by atoms with Gasteiger partial charge in [0.15, 0.2) is 5.78 Å². The van der Waals surface area contributed by atoms with Crippen LogP contribution in [0, 0.1) is 0 Å². The molecule has 1 saturated heterocycles. The van der Waals surface area contributed by atoms with Crippen LogP contribution in [-0.4, -0.2) is 70.5 Å². The first kappa shape index (κ1) is 32.2. The first-order valence-electron chi connectivity index (χ1n) is 15.8. The van der Waals surface area contributed by atoms with Crippen LogP contribution in [0.25, 0.3) is 22.4 Å². The maximum absolute atomic E-state index is 13.9. The number of primary amides is 1. The zero-order valence-electron chi connectivity index (χ0n) is 26.7. The fourth-order valence-corrected chi connectivity index (χ4v) is 6.26. The third-order valence-corrected chi connectivity index (χ3v) is 8.73. The molecule has 11 nitrogen and oxygen atoms in total. The molecule has 3 N–H and O–H groups in total. The summed E-state index contributed by atoms with van der Waals surface area (Å²) < 4.78 is 18.4. The number of fused-ring (bicyclic) bond motifs is 1. The molecule has 3 aromatic carbocycles. The summed E-state index contributed by atoms with van der Waals surface area (Å²) in [6.07, 6.45) is 2.56. The van der Waals surface area contributed by atoms with Crippen molar-refractivity contribution in [3.63, 3.8) is 0 Å². The minimum absolute atomic E-state index is 0.0404. The summed E-state index contributed by atoms with van der Waals surface area (Å²) in [7, 11) is 0. The molecule has 1 aromatic heterocycles. The highest BCUT2D eigenvalue weighted by atomic mass is 16.5. The second-order valence-electron chi connectivity index (χ2n) is 11.8. The Morgan fingerprint density at radius 1 is 0.875 bits per heavy atom. The Bertz CT molecular complexity index is 1870. The molecule has 0 unspecified atom stereocenters. The lowest BCUT2D eigenvalue weighted by Gasteiger charge is -2.44. The number of carboxylic acid groups (broad SMARTS) is 1. The summed E-state index contributed by atoms with van der Waals surface area (Å²) >= 11 is 0. The topological polar surface area (TPSA) is 158 Å². The predicted octanol–water partition coefficient (Wildman–Crippen LogP) is 5.65. The zero-order chi connectivity index (χ0) is 34.0. The van der Waals surface area contributed by atoms with Crippen molar-refractivity contribution in [2.24, 2.45) is 5.73 Å². The van der Waals surface area contributed by atoms with Gasteiger partial charge in [-0.1, -0.05) is 12.1 Å². The SMILES string of the molecule is CCOc1cc(C(=O)N2CCC3(CC2)CC(=O)c2cc(-c4ccc(C(N)=O)cn4)ccc2O3)cc(OCC)c1-c1ccc(C(=O)O)cc1. The number of aromatic nitrogens is 1. The van der Waals surface area contributed by atoms with E-state index in [9.17, 15) is 24.3 Å². The van der Waals surface area contributed by atoms with E-state index in [1.165, 1.54) is 18.3 Å². The molecule has 0 saturated carbocycles. The lowest BCUT2D eigenvalue weighted by Crippen LogP contribution is -2.52. The zero-order valence-corrected chi connectivity index (χ0v) is 26.7. The van der Waals surface area contributed by atoms with Gasteiger partial charge in [0.1, 0.15) is 22.8 Å². The third-order valence-electron chi connectivity index (χ3n) is 8.73. The average Bonchev–Trinajstić information content (AvgIpc) is 3.08. The van der Waals surface area contributed by atoms with Gasteiger partial charge in [0.25, 0.3) is 5.91 Å². The summed E-state index contributed by atoms with van der Waals surface area (Å²) in [6.45, 7) is 5.18. The number of carbonyl (C=O) groups excluding carboxylic acids is 3. The van der Waals surface area contributed by atoms with Crippen molar-refractivity contribution in [3.05, 3.63) is 95.2 Å². The molecule has 4 aromatic rings. The predicted molar refractivity (Wildman–Crippen MR) is 177 cm³/mol. The summed E-state index contributed by atoms with van der Waals surface area (Å²) in [6, 6.07) is 18.5. The maximum atomic E-state index is 13.9. The van der Waals surface area contributed by atoms with E-state index >= 15 is 0 Å². The van der Waals surface area contributed by atoms with Crippen LogP contribution in [0.2, 0.25) is 0 Å². The summed E-state index contributed by atoms with van der Waals surface area (Å²) in [5.74, 6) is -0.406. The molecule has 3 heterocycles. The number of benzene rings is 3. The van der Waals surface area contributed by atoms with Crippen molar-refractivity contribution in [1.29, 1.82) is 0 Å². The number of ketones is 1. The van der Waals surface area contributed by atoms with Crippen LogP contribution in [0.4, 0.5) is 0 Å². The van der Waals surface area contributed by atoms with Gasteiger partial charge in [0, 0.05) is 43.3 Å². The molecule has 0 bridgehead atoms. The number of aromatic carboxylic acids is 1. The normalized spacial score (nSPS) is 15.0. The minimum atomic E-state index is -1.02. The molecule has 6 rings (SSSR count). The highest BCUT2D eigenvalue weighted by Gasteiger charge is 2.44. The average molecular weight is 650 g/mol. The molecule has 2 aliphatic heterocycles. The van der Waals surface area contributed by atoms with Crippen LogP contribution in [0.3, 0.4) is 0 Å². The van der Waals surface area contributed by atoms with Crippen LogP contribution in [0.15, 0.2) is 72.9 Å². The van der Waals surface area contributed by atoms with E-state index in [-0.39, 0.29) is 23.7 Å². The number of hydrogen-bond donors (Lipinski definition) is 2. The second-order valence-corrected chi connectivity index (χ2v) is 11.8. The summed E-state index contributed by atoms with van der Waals surface area (Å²) in [5, 5.41) is 9.32. The standard InChI is InChI=1S/C37H35N3O8/c1-3-46-31-18-26(19-32(47-4-2)33(31)22-5-7-23(8-6-22)36(44)45)35(43)40-15-13-37(14-16-40)20-29(41)27-17-24(10-12-30(27)48-37)28-11-9-25(21-39-28)34(38)42/h5-12,17-19,21H,3-4,13-16,20H2,1-2H3,(H2,38,42)(H,44,45). The number of likely N-dealkylation sites (tertiary alicyclic amines) is 1. The Morgan fingerprint density at radius 3 is 2.06 bits per heavy atom. The van der Waals surface area contributed by atoms with Gasteiger partial charge < -0.3 is 30.0 Å². The van der Waals surface area contributed by atoms with Crippen molar-refractivity contribution in [2.75, 3.05) is 26.3 Å². The van der Waals surface area contributed by atoms with Gasteiger partial charge in [-0.2, -0.15) is 0 Å². The van der Waals surface area contributed by atoms with Crippen molar-refractivity contribution in [2.45, 2.75) is 38.7 Å². The molecule has 48 heavy (non-hydrogen) atoms. The minimum Gasteiger partial charge on any atom is -0.493 e. The van der Waals surface area contributed by atoms with Gasteiger partial charge in [-0.25, -0.2) is 4.79 Å². The molecule has 0 atom stereocenters. The smallest absolute Gasteiger partial charge is 0.335 e. The number of carboxylic acids is 1. The molecule has 1 spiro atoms. The lowest BCUT2D eigenvalue weighted by atomic mass is 9.82. The van der Waals surface area contributed by atoms with Crippen molar-refractivity contribution in [3.8, 4) is 39.6 Å². The van der Waals surface area contributed by atoms with Crippen LogP contribution < -0.4 is 19.9 Å². The number of ether oxygens (including phenoxy) is 3. The molecule has 2 aliphatic rings. The van der Waals surface area contributed by atoms with Crippen LogP contribution in [0.1, 0.15) is 74.5 Å². The molecular formula is C37H35N3O8. The van der Waals surface area contributed by atoms with Gasteiger partial charge in [-0.15, -0.1) is 0 Å². The highest BCUT2D eigenvalue weighted by molar-refractivity contribution is 6.02. The number of carbonyl (C=O) groups is 4. The van der Waals surface area contributed by atoms with Crippen LogP contribution in [-0.2, 0) is 0 Å². The number of rotatable bonds is 9. The third kappa shape index (κ3) is 6.31. The van der Waals surface area contributed by atoms with Crippen molar-refractivity contribution in [1.82, 2.24) is 9.88 Å². The Balaban J connectivity index is 1.20. The summed E-state index contributed by atoms with van der Waals surface area (Å²) in [4.78, 5) is 56.1.